The standard InChI is InChI=1S/C36H44ClN3O5S/c1-5-19-38(25-15-17-26(18-16-25)45-7-3)33(42)30-29-23-24(4)36(46-29)31(30)34(43)40(21-11-8-12-22-41)32(36)35(44)39(20-6-2)28-14-10-9-13-27(28)37/h5-6,9-10,13-18,24,29-32,41H,1-2,7-8,11-12,19-23H2,3-4H3/t24?,29-,30+,31-,32?,36?/m0/s1. The first-order valence-electron chi connectivity index (χ1n) is 16.2. The molecule has 1 N–H and O–H groups in total. The molecule has 0 saturated carbocycles. The Bertz CT molecular complexity index is 1450. The highest BCUT2D eigenvalue weighted by Gasteiger charge is 2.76. The number of hydrogen-bond acceptors (Lipinski definition) is 6. The van der Waals surface area contributed by atoms with Crippen LogP contribution in [0.2, 0.25) is 5.02 Å². The van der Waals surface area contributed by atoms with Crippen molar-refractivity contribution >= 4 is 52.5 Å². The van der Waals surface area contributed by atoms with Crippen molar-refractivity contribution in [2.75, 3.05) is 42.6 Å². The Balaban J connectivity index is 1.56. The maximum Gasteiger partial charge on any atom is 0.251 e. The molecule has 8 nitrogen and oxygen atoms in total. The molecule has 6 atom stereocenters. The van der Waals surface area contributed by atoms with Crippen LogP contribution in [0.4, 0.5) is 11.4 Å². The van der Waals surface area contributed by atoms with Crippen LogP contribution in [-0.4, -0.2) is 76.6 Å². The molecule has 0 aromatic heterocycles. The smallest absolute Gasteiger partial charge is 0.251 e. The summed E-state index contributed by atoms with van der Waals surface area (Å²) in [6.45, 7) is 13.3. The van der Waals surface area contributed by atoms with Crippen LogP contribution >= 0.6 is 23.4 Å². The van der Waals surface area contributed by atoms with Crippen molar-refractivity contribution < 1.29 is 24.2 Å². The number of carbonyl (C=O) groups is 3. The fourth-order valence-electron chi connectivity index (χ4n) is 7.67. The molecule has 5 rings (SSSR count). The van der Waals surface area contributed by atoms with E-state index in [2.05, 4.69) is 20.1 Å². The van der Waals surface area contributed by atoms with Crippen molar-refractivity contribution in [3.8, 4) is 5.75 Å². The second kappa shape index (κ2) is 14.7. The summed E-state index contributed by atoms with van der Waals surface area (Å²) < 4.78 is 4.83. The average molecular weight is 666 g/mol. The van der Waals surface area contributed by atoms with E-state index >= 15 is 0 Å². The van der Waals surface area contributed by atoms with Gasteiger partial charge in [0.25, 0.3) is 5.91 Å². The SMILES string of the molecule is C=CCN(C(=O)[C@@H]1[C@@H]2CC(C)C3(S2)C(C(=O)N(CC=C)c2ccccc2Cl)N(CCCCCO)C(=O)[C@H]13)c1ccc(OCC)cc1. The van der Waals surface area contributed by atoms with Gasteiger partial charge in [-0.25, -0.2) is 0 Å². The summed E-state index contributed by atoms with van der Waals surface area (Å²) in [6.07, 6.45) is 6.06. The normalized spacial score (nSPS) is 26.1. The number of anilines is 2. The quantitative estimate of drug-likeness (QED) is 0.186. The minimum absolute atomic E-state index is 0.0204. The number of ether oxygens (including phenoxy) is 1. The van der Waals surface area contributed by atoms with E-state index in [1.54, 1.807) is 50.7 Å². The largest absolute Gasteiger partial charge is 0.494 e. The number of likely N-dealkylation sites (tertiary alicyclic amines) is 1. The third-order valence-corrected chi connectivity index (χ3v) is 12.0. The lowest BCUT2D eigenvalue weighted by atomic mass is 9.65. The summed E-state index contributed by atoms with van der Waals surface area (Å²) in [7, 11) is 0. The molecule has 3 amide bonds. The van der Waals surface area contributed by atoms with Crippen LogP contribution in [-0.2, 0) is 14.4 Å². The van der Waals surface area contributed by atoms with Crippen molar-refractivity contribution in [1.29, 1.82) is 0 Å². The molecule has 2 aromatic carbocycles. The number of fused-ring (bicyclic) bond motifs is 1. The molecule has 0 aliphatic carbocycles. The van der Waals surface area contributed by atoms with Crippen molar-refractivity contribution in [3.63, 3.8) is 0 Å². The first kappa shape index (κ1) is 34.1. The average Bonchev–Trinajstić information content (AvgIpc) is 3.64. The molecule has 246 valence electrons. The zero-order valence-electron chi connectivity index (χ0n) is 26.6. The Kier molecular flexibility index (Phi) is 10.9. The zero-order valence-corrected chi connectivity index (χ0v) is 28.2. The number of para-hydroxylation sites is 1. The molecule has 3 aliphatic rings. The van der Waals surface area contributed by atoms with E-state index in [0.29, 0.717) is 48.1 Å². The fourth-order valence-corrected chi connectivity index (χ4v) is 10.3. The third kappa shape index (κ3) is 5.98. The summed E-state index contributed by atoms with van der Waals surface area (Å²) in [5, 5.41) is 9.72. The van der Waals surface area contributed by atoms with Crippen LogP contribution in [0.1, 0.15) is 39.5 Å². The second-order valence-corrected chi connectivity index (χ2v) is 14.2. The van der Waals surface area contributed by atoms with Gasteiger partial charge in [-0.15, -0.1) is 24.9 Å². The summed E-state index contributed by atoms with van der Waals surface area (Å²) in [6, 6.07) is 13.8. The lowest BCUT2D eigenvalue weighted by Gasteiger charge is -2.41. The van der Waals surface area contributed by atoms with Crippen LogP contribution in [0.3, 0.4) is 0 Å². The Labute approximate surface area is 281 Å². The second-order valence-electron chi connectivity index (χ2n) is 12.2. The minimum atomic E-state index is -0.782. The van der Waals surface area contributed by atoms with Crippen molar-refractivity contribution in [2.45, 2.75) is 55.6 Å². The number of halogens is 1. The summed E-state index contributed by atoms with van der Waals surface area (Å²) >= 11 is 8.27. The number of amides is 3. The molecule has 46 heavy (non-hydrogen) atoms. The highest BCUT2D eigenvalue weighted by atomic mass is 35.5. The fraction of sp³-hybridized carbons (Fsp3) is 0.472. The number of hydrogen-bond donors (Lipinski definition) is 1. The third-order valence-electron chi connectivity index (χ3n) is 9.58. The minimum Gasteiger partial charge on any atom is -0.494 e. The number of carbonyl (C=O) groups excluding carboxylic acids is 3. The first-order chi connectivity index (χ1) is 22.2. The van der Waals surface area contributed by atoms with Crippen molar-refractivity contribution in [2.24, 2.45) is 17.8 Å². The molecule has 1 spiro atoms. The lowest BCUT2D eigenvalue weighted by Crippen LogP contribution is -2.57. The van der Waals surface area contributed by atoms with Crippen LogP contribution in [0.5, 0.6) is 5.75 Å². The van der Waals surface area contributed by atoms with E-state index in [4.69, 9.17) is 16.3 Å². The van der Waals surface area contributed by atoms with Gasteiger partial charge in [-0.05, 0) is 74.9 Å². The molecular weight excluding hydrogens is 622 g/mol. The zero-order chi connectivity index (χ0) is 33.0. The van der Waals surface area contributed by atoms with Gasteiger partial charge >= 0.3 is 0 Å². The van der Waals surface area contributed by atoms with Gasteiger partial charge in [-0.1, -0.05) is 42.8 Å². The van der Waals surface area contributed by atoms with Gasteiger partial charge in [0.05, 0.1) is 33.9 Å². The number of unbranched alkanes of at least 4 members (excludes halogenated alkanes) is 2. The molecule has 2 bridgehead atoms. The highest BCUT2D eigenvalue weighted by Crippen LogP contribution is 2.69. The molecule has 2 aromatic rings. The summed E-state index contributed by atoms with van der Waals surface area (Å²) in [5.74, 6) is -1.00. The van der Waals surface area contributed by atoms with E-state index in [1.807, 2.05) is 43.3 Å². The molecule has 10 heteroatoms. The van der Waals surface area contributed by atoms with E-state index in [9.17, 15) is 19.5 Å². The van der Waals surface area contributed by atoms with Crippen LogP contribution < -0.4 is 14.5 Å². The monoisotopic (exact) mass is 665 g/mol. The molecular formula is C36H44ClN3O5S. The predicted molar refractivity (Wildman–Crippen MR) is 185 cm³/mol. The van der Waals surface area contributed by atoms with Crippen molar-refractivity contribution in [3.05, 3.63) is 78.9 Å². The van der Waals surface area contributed by atoms with E-state index in [1.165, 1.54) is 0 Å². The maximum atomic E-state index is 14.9. The predicted octanol–water partition coefficient (Wildman–Crippen LogP) is 5.98. The van der Waals surface area contributed by atoms with Crippen LogP contribution in [0.25, 0.3) is 0 Å². The van der Waals surface area contributed by atoms with Crippen molar-refractivity contribution in [1.82, 2.24) is 4.90 Å². The van der Waals surface area contributed by atoms with E-state index < -0.39 is 22.6 Å². The number of aliphatic hydroxyl groups excluding tert-OH is 1. The van der Waals surface area contributed by atoms with Gasteiger partial charge in [0.15, 0.2) is 0 Å². The molecule has 0 radical (unpaired) electrons. The Morgan fingerprint density at radius 2 is 1.76 bits per heavy atom. The Hall–Kier alpha value is -3.27. The number of thioether (sulfide) groups is 1. The first-order valence-corrected chi connectivity index (χ1v) is 17.4. The number of rotatable bonds is 15. The topological polar surface area (TPSA) is 90.4 Å². The number of nitrogens with zero attached hydrogens (tertiary/aromatic N) is 3. The number of aliphatic hydroxyl groups is 1. The van der Waals surface area contributed by atoms with E-state index in [-0.39, 0.29) is 48.6 Å². The number of benzene rings is 2. The molecule has 3 fully saturated rings. The molecule has 3 heterocycles. The Morgan fingerprint density at radius 1 is 1.07 bits per heavy atom. The maximum absolute atomic E-state index is 14.9. The molecule has 3 aliphatic heterocycles. The molecule has 3 unspecified atom stereocenters. The van der Waals surface area contributed by atoms with Gasteiger partial charge < -0.3 is 24.5 Å². The highest BCUT2D eigenvalue weighted by molar-refractivity contribution is 8.02. The van der Waals surface area contributed by atoms with Gasteiger partial charge in [-0.3, -0.25) is 14.4 Å². The van der Waals surface area contributed by atoms with Crippen LogP contribution in [0.15, 0.2) is 73.8 Å². The van der Waals surface area contributed by atoms with E-state index in [0.717, 1.165) is 12.8 Å². The Morgan fingerprint density at radius 3 is 2.41 bits per heavy atom. The van der Waals surface area contributed by atoms with Crippen LogP contribution in [0, 0.1) is 17.8 Å². The van der Waals surface area contributed by atoms with Gasteiger partial charge in [0.1, 0.15) is 11.8 Å². The van der Waals surface area contributed by atoms with Gasteiger partial charge in [0, 0.05) is 37.2 Å². The molecule has 3 saturated heterocycles. The lowest BCUT2D eigenvalue weighted by molar-refractivity contribution is -0.139. The van der Waals surface area contributed by atoms with Gasteiger partial charge in [-0.2, -0.15) is 0 Å². The summed E-state index contributed by atoms with van der Waals surface area (Å²) in [4.78, 5) is 49.2. The van der Waals surface area contributed by atoms with Gasteiger partial charge in [0.2, 0.25) is 11.8 Å². The summed E-state index contributed by atoms with van der Waals surface area (Å²) in [5.41, 5.74) is 1.27.